The lowest BCUT2D eigenvalue weighted by Gasteiger charge is -2.27. The standard InChI is InChI=1S/C15H14F3N3O3/c16-15(17,18)13-11(3-6-24-13)14(22)20-10-1-2-12(19-9-10)21-4-7-23-8-5-21/h1-3,6,9H,4-5,7-8H2,(H,20,22). The lowest BCUT2D eigenvalue weighted by molar-refractivity contribution is -0.153. The molecule has 24 heavy (non-hydrogen) atoms. The molecule has 0 aliphatic carbocycles. The summed E-state index contributed by atoms with van der Waals surface area (Å²) in [5, 5.41) is 2.38. The van der Waals surface area contributed by atoms with Crippen LogP contribution in [0.5, 0.6) is 0 Å². The molecule has 1 fully saturated rings. The van der Waals surface area contributed by atoms with Crippen LogP contribution in [-0.4, -0.2) is 37.2 Å². The third kappa shape index (κ3) is 3.51. The average molecular weight is 341 g/mol. The molecule has 2 aromatic heterocycles. The van der Waals surface area contributed by atoms with Crippen molar-refractivity contribution in [3.8, 4) is 0 Å². The highest BCUT2D eigenvalue weighted by molar-refractivity contribution is 6.05. The number of alkyl halides is 3. The van der Waals surface area contributed by atoms with Crippen molar-refractivity contribution in [2.45, 2.75) is 6.18 Å². The van der Waals surface area contributed by atoms with Gasteiger partial charge in [0.15, 0.2) is 0 Å². The van der Waals surface area contributed by atoms with Crippen molar-refractivity contribution in [3.63, 3.8) is 0 Å². The van der Waals surface area contributed by atoms with Gasteiger partial charge in [0.25, 0.3) is 5.91 Å². The first kappa shape index (κ1) is 16.3. The predicted molar refractivity (Wildman–Crippen MR) is 78.9 cm³/mol. The topological polar surface area (TPSA) is 67.6 Å². The fourth-order valence-corrected chi connectivity index (χ4v) is 2.35. The lowest BCUT2D eigenvalue weighted by atomic mass is 10.2. The maximum absolute atomic E-state index is 12.7. The highest BCUT2D eigenvalue weighted by Gasteiger charge is 2.39. The SMILES string of the molecule is O=C(Nc1ccc(N2CCOCC2)nc1)c1ccoc1C(F)(F)F. The molecule has 0 unspecified atom stereocenters. The number of hydrogen-bond donors (Lipinski definition) is 1. The van der Waals surface area contributed by atoms with Crippen LogP contribution in [-0.2, 0) is 10.9 Å². The van der Waals surface area contributed by atoms with E-state index in [9.17, 15) is 18.0 Å². The van der Waals surface area contributed by atoms with E-state index < -0.39 is 23.4 Å². The predicted octanol–water partition coefficient (Wildman–Crippen LogP) is 2.78. The van der Waals surface area contributed by atoms with E-state index in [1.165, 1.54) is 6.20 Å². The third-order valence-electron chi connectivity index (χ3n) is 3.51. The molecule has 2 aromatic rings. The molecule has 1 aliphatic rings. The van der Waals surface area contributed by atoms with Crippen LogP contribution in [0, 0.1) is 0 Å². The van der Waals surface area contributed by atoms with Crippen LogP contribution in [0.1, 0.15) is 16.1 Å². The smallest absolute Gasteiger partial charge is 0.450 e. The van der Waals surface area contributed by atoms with Gasteiger partial charge in [0, 0.05) is 13.1 Å². The minimum atomic E-state index is -4.73. The number of amides is 1. The van der Waals surface area contributed by atoms with Gasteiger partial charge in [-0.3, -0.25) is 4.79 Å². The number of furan rings is 1. The molecular weight excluding hydrogens is 327 g/mol. The molecule has 3 rings (SSSR count). The molecule has 0 radical (unpaired) electrons. The Morgan fingerprint density at radius 1 is 1.21 bits per heavy atom. The van der Waals surface area contributed by atoms with Gasteiger partial charge in [-0.05, 0) is 18.2 Å². The summed E-state index contributed by atoms with van der Waals surface area (Å²) in [6.45, 7) is 2.65. The fourth-order valence-electron chi connectivity index (χ4n) is 2.35. The molecule has 9 heteroatoms. The molecule has 0 spiro atoms. The van der Waals surface area contributed by atoms with E-state index in [4.69, 9.17) is 4.74 Å². The second-order valence-corrected chi connectivity index (χ2v) is 5.12. The van der Waals surface area contributed by atoms with E-state index in [1.54, 1.807) is 12.1 Å². The summed E-state index contributed by atoms with van der Waals surface area (Å²) in [4.78, 5) is 18.2. The Kier molecular flexibility index (Phi) is 4.43. The Hall–Kier alpha value is -2.55. The summed E-state index contributed by atoms with van der Waals surface area (Å²) in [6, 6.07) is 4.26. The molecule has 128 valence electrons. The number of aromatic nitrogens is 1. The van der Waals surface area contributed by atoms with Crippen LogP contribution in [0.3, 0.4) is 0 Å². The van der Waals surface area contributed by atoms with Gasteiger partial charge in [-0.15, -0.1) is 0 Å². The number of halogens is 3. The van der Waals surface area contributed by atoms with Crippen LogP contribution in [0.4, 0.5) is 24.7 Å². The maximum Gasteiger partial charge on any atom is 0.450 e. The number of ether oxygens (including phenoxy) is 1. The largest absolute Gasteiger partial charge is 0.459 e. The van der Waals surface area contributed by atoms with Gasteiger partial charge in [0.05, 0.1) is 36.9 Å². The Morgan fingerprint density at radius 3 is 2.58 bits per heavy atom. The molecule has 0 saturated carbocycles. The number of morpholine rings is 1. The first-order valence-electron chi connectivity index (χ1n) is 7.20. The van der Waals surface area contributed by atoms with E-state index in [1.807, 2.05) is 4.90 Å². The summed E-state index contributed by atoms with van der Waals surface area (Å²) in [5.41, 5.74) is -0.272. The van der Waals surface area contributed by atoms with E-state index in [-0.39, 0.29) is 0 Å². The van der Waals surface area contributed by atoms with Gasteiger partial charge in [0.1, 0.15) is 5.82 Å². The van der Waals surface area contributed by atoms with Crippen LogP contribution in [0.15, 0.2) is 35.1 Å². The van der Waals surface area contributed by atoms with Gasteiger partial charge >= 0.3 is 6.18 Å². The number of pyridine rings is 1. The Morgan fingerprint density at radius 2 is 1.96 bits per heavy atom. The zero-order chi connectivity index (χ0) is 17.2. The number of rotatable bonds is 3. The highest BCUT2D eigenvalue weighted by Crippen LogP contribution is 2.33. The van der Waals surface area contributed by atoms with E-state index in [0.717, 1.165) is 18.1 Å². The normalized spacial score (nSPS) is 15.4. The zero-order valence-electron chi connectivity index (χ0n) is 12.5. The Balaban J connectivity index is 1.70. The molecule has 0 bridgehead atoms. The highest BCUT2D eigenvalue weighted by atomic mass is 19.4. The maximum atomic E-state index is 12.7. The number of anilines is 2. The molecule has 1 saturated heterocycles. The second kappa shape index (κ2) is 6.52. The number of carbonyl (C=O) groups excluding carboxylic acids is 1. The monoisotopic (exact) mass is 341 g/mol. The molecule has 0 aromatic carbocycles. The molecule has 1 N–H and O–H groups in total. The quantitative estimate of drug-likeness (QED) is 0.930. The first-order chi connectivity index (χ1) is 11.4. The van der Waals surface area contributed by atoms with E-state index >= 15 is 0 Å². The van der Waals surface area contributed by atoms with Crippen molar-refractivity contribution >= 4 is 17.4 Å². The summed E-state index contributed by atoms with van der Waals surface area (Å²) >= 11 is 0. The van der Waals surface area contributed by atoms with Gasteiger partial charge in [-0.1, -0.05) is 0 Å². The number of hydrogen-bond acceptors (Lipinski definition) is 5. The summed E-state index contributed by atoms with van der Waals surface area (Å²) < 4.78 is 47.8. The molecule has 0 atom stereocenters. The summed E-state index contributed by atoms with van der Waals surface area (Å²) in [6.07, 6.45) is -2.50. The minimum Gasteiger partial charge on any atom is -0.459 e. The number of nitrogens with one attached hydrogen (secondary N) is 1. The van der Waals surface area contributed by atoms with Gasteiger partial charge in [-0.2, -0.15) is 13.2 Å². The average Bonchev–Trinajstić information content (AvgIpc) is 3.06. The third-order valence-corrected chi connectivity index (χ3v) is 3.51. The fraction of sp³-hybridized carbons (Fsp3) is 0.333. The number of nitrogens with zero attached hydrogens (tertiary/aromatic N) is 2. The molecule has 1 aliphatic heterocycles. The van der Waals surface area contributed by atoms with Crippen molar-refractivity contribution in [2.75, 3.05) is 36.5 Å². The van der Waals surface area contributed by atoms with Crippen molar-refractivity contribution in [2.24, 2.45) is 0 Å². The Bertz CT molecular complexity index is 707. The number of carbonyl (C=O) groups is 1. The van der Waals surface area contributed by atoms with E-state index in [2.05, 4.69) is 14.7 Å². The van der Waals surface area contributed by atoms with Crippen molar-refractivity contribution in [1.29, 1.82) is 0 Å². The van der Waals surface area contributed by atoms with Crippen molar-refractivity contribution in [1.82, 2.24) is 4.98 Å². The van der Waals surface area contributed by atoms with Crippen LogP contribution < -0.4 is 10.2 Å². The molecule has 1 amide bonds. The summed E-state index contributed by atoms with van der Waals surface area (Å²) in [5.74, 6) is -1.51. The van der Waals surface area contributed by atoms with Crippen molar-refractivity contribution in [3.05, 3.63) is 42.0 Å². The van der Waals surface area contributed by atoms with Crippen LogP contribution >= 0.6 is 0 Å². The zero-order valence-corrected chi connectivity index (χ0v) is 12.5. The van der Waals surface area contributed by atoms with Crippen LogP contribution in [0.25, 0.3) is 0 Å². The second-order valence-electron chi connectivity index (χ2n) is 5.12. The van der Waals surface area contributed by atoms with Gasteiger partial charge < -0.3 is 19.4 Å². The molecule has 6 nitrogen and oxygen atoms in total. The first-order valence-corrected chi connectivity index (χ1v) is 7.20. The summed E-state index contributed by atoms with van der Waals surface area (Å²) in [7, 11) is 0. The minimum absolute atomic E-state index is 0.298. The van der Waals surface area contributed by atoms with Gasteiger partial charge in [-0.25, -0.2) is 4.98 Å². The van der Waals surface area contributed by atoms with Gasteiger partial charge in [0.2, 0.25) is 5.76 Å². The Labute approximate surface area is 135 Å². The van der Waals surface area contributed by atoms with Crippen molar-refractivity contribution < 1.29 is 27.1 Å². The van der Waals surface area contributed by atoms with E-state index in [0.29, 0.717) is 32.0 Å². The lowest BCUT2D eigenvalue weighted by Crippen LogP contribution is -2.36. The molecule has 3 heterocycles. The molecular formula is C15H14F3N3O3. The van der Waals surface area contributed by atoms with Crippen LogP contribution in [0.2, 0.25) is 0 Å².